The second-order valence-electron chi connectivity index (χ2n) is 4.22. The molecule has 0 aromatic heterocycles. The van der Waals surface area contributed by atoms with Gasteiger partial charge >= 0.3 is 5.97 Å². The summed E-state index contributed by atoms with van der Waals surface area (Å²) in [6.07, 6.45) is 0. The van der Waals surface area contributed by atoms with Gasteiger partial charge in [-0.2, -0.15) is 0 Å². The van der Waals surface area contributed by atoms with E-state index in [9.17, 15) is 4.79 Å². The smallest absolute Gasteiger partial charge is 0.324 e. The highest BCUT2D eigenvalue weighted by molar-refractivity contribution is 5.73. The van der Waals surface area contributed by atoms with Gasteiger partial charge in [-0.1, -0.05) is 26.0 Å². The summed E-state index contributed by atoms with van der Waals surface area (Å²) in [4.78, 5) is 10.8. The quantitative estimate of drug-likeness (QED) is 0.793. The van der Waals surface area contributed by atoms with Crippen LogP contribution in [0.4, 0.5) is 0 Å². The SMILES string of the molecule is CNC(COc1cccc(C(C)C)c1)C(=O)O. The zero-order chi connectivity index (χ0) is 12.8. The van der Waals surface area contributed by atoms with E-state index in [0.29, 0.717) is 11.7 Å². The topological polar surface area (TPSA) is 58.6 Å². The van der Waals surface area contributed by atoms with E-state index >= 15 is 0 Å². The molecule has 1 rings (SSSR count). The van der Waals surface area contributed by atoms with E-state index in [2.05, 4.69) is 19.2 Å². The van der Waals surface area contributed by atoms with Crippen LogP contribution in [0.1, 0.15) is 25.3 Å². The predicted octanol–water partition coefficient (Wildman–Crippen LogP) is 1.86. The third-order valence-electron chi connectivity index (χ3n) is 2.59. The summed E-state index contributed by atoms with van der Waals surface area (Å²) in [6, 6.07) is 7.04. The molecule has 4 nitrogen and oxygen atoms in total. The molecule has 0 saturated heterocycles. The molecule has 4 heteroatoms. The highest BCUT2D eigenvalue weighted by atomic mass is 16.5. The van der Waals surface area contributed by atoms with Gasteiger partial charge in [0.1, 0.15) is 18.4 Å². The second-order valence-corrected chi connectivity index (χ2v) is 4.22. The minimum atomic E-state index is -0.910. The molecule has 17 heavy (non-hydrogen) atoms. The minimum Gasteiger partial charge on any atom is -0.491 e. The number of aliphatic carboxylic acids is 1. The molecular formula is C13H19NO3. The van der Waals surface area contributed by atoms with Crippen molar-refractivity contribution < 1.29 is 14.6 Å². The maximum atomic E-state index is 10.8. The van der Waals surface area contributed by atoms with Crippen molar-refractivity contribution in [3.05, 3.63) is 29.8 Å². The lowest BCUT2D eigenvalue weighted by Crippen LogP contribution is -2.39. The molecule has 2 N–H and O–H groups in total. The molecule has 0 aliphatic rings. The van der Waals surface area contributed by atoms with Crippen molar-refractivity contribution in [1.29, 1.82) is 0 Å². The Balaban J connectivity index is 2.62. The first-order chi connectivity index (χ1) is 8.04. The van der Waals surface area contributed by atoms with Crippen LogP contribution in [0, 0.1) is 0 Å². The molecule has 0 aliphatic heterocycles. The fourth-order valence-corrected chi connectivity index (χ4v) is 1.42. The second kappa shape index (κ2) is 6.25. The summed E-state index contributed by atoms with van der Waals surface area (Å²) in [6.45, 7) is 4.33. The Kier molecular flexibility index (Phi) is 4.97. The molecule has 0 bridgehead atoms. The van der Waals surface area contributed by atoms with Gasteiger partial charge in [0.15, 0.2) is 0 Å². The average molecular weight is 237 g/mol. The Morgan fingerprint density at radius 1 is 1.47 bits per heavy atom. The van der Waals surface area contributed by atoms with Crippen LogP contribution < -0.4 is 10.1 Å². The first-order valence-electron chi connectivity index (χ1n) is 5.67. The van der Waals surface area contributed by atoms with Crippen molar-refractivity contribution in [1.82, 2.24) is 5.32 Å². The molecule has 0 spiro atoms. The van der Waals surface area contributed by atoms with E-state index in [1.165, 1.54) is 5.56 Å². The first kappa shape index (κ1) is 13.5. The maximum absolute atomic E-state index is 10.8. The van der Waals surface area contributed by atoms with Crippen LogP contribution in [-0.4, -0.2) is 30.8 Å². The van der Waals surface area contributed by atoms with Crippen molar-refractivity contribution in [2.45, 2.75) is 25.8 Å². The summed E-state index contributed by atoms with van der Waals surface area (Å²) in [5, 5.41) is 11.5. The van der Waals surface area contributed by atoms with Crippen LogP contribution in [0.5, 0.6) is 5.75 Å². The van der Waals surface area contributed by atoms with E-state index in [-0.39, 0.29) is 6.61 Å². The fourth-order valence-electron chi connectivity index (χ4n) is 1.42. The van der Waals surface area contributed by atoms with Crippen molar-refractivity contribution in [2.24, 2.45) is 0 Å². The van der Waals surface area contributed by atoms with Gasteiger partial charge in [-0.15, -0.1) is 0 Å². The van der Waals surface area contributed by atoms with Crippen LogP contribution in [0.15, 0.2) is 24.3 Å². The molecule has 94 valence electrons. The Morgan fingerprint density at radius 2 is 2.18 bits per heavy atom. The molecule has 0 amide bonds. The van der Waals surface area contributed by atoms with Gasteiger partial charge < -0.3 is 15.2 Å². The molecule has 0 radical (unpaired) electrons. The number of ether oxygens (including phenoxy) is 1. The fraction of sp³-hybridized carbons (Fsp3) is 0.462. The third kappa shape index (κ3) is 4.07. The number of rotatable bonds is 6. The summed E-state index contributed by atoms with van der Waals surface area (Å²) in [5.41, 5.74) is 1.18. The molecule has 0 fully saturated rings. The number of hydrogen-bond acceptors (Lipinski definition) is 3. The summed E-state index contributed by atoms with van der Waals surface area (Å²) >= 11 is 0. The minimum absolute atomic E-state index is 0.118. The van der Waals surface area contributed by atoms with Crippen LogP contribution in [0.2, 0.25) is 0 Å². The molecule has 1 aromatic rings. The van der Waals surface area contributed by atoms with Crippen LogP contribution >= 0.6 is 0 Å². The standard InChI is InChI=1S/C13H19NO3/c1-9(2)10-5-4-6-11(7-10)17-8-12(14-3)13(15)16/h4-7,9,12,14H,8H2,1-3H3,(H,15,16). The molecule has 1 atom stereocenters. The Hall–Kier alpha value is -1.55. The zero-order valence-electron chi connectivity index (χ0n) is 10.4. The van der Waals surface area contributed by atoms with E-state index in [1.54, 1.807) is 7.05 Å². The number of nitrogens with one attached hydrogen (secondary N) is 1. The summed E-state index contributed by atoms with van der Waals surface area (Å²) in [5.74, 6) is 0.225. The van der Waals surface area contributed by atoms with E-state index in [1.807, 2.05) is 24.3 Å². The van der Waals surface area contributed by atoms with Gasteiger partial charge in [0, 0.05) is 0 Å². The highest BCUT2D eigenvalue weighted by Crippen LogP contribution is 2.20. The zero-order valence-corrected chi connectivity index (χ0v) is 10.4. The molecule has 0 heterocycles. The number of carbonyl (C=O) groups is 1. The number of hydrogen-bond donors (Lipinski definition) is 2. The Bertz CT molecular complexity index is 377. The van der Waals surface area contributed by atoms with Gasteiger partial charge in [-0.05, 0) is 30.7 Å². The third-order valence-corrected chi connectivity index (χ3v) is 2.59. The summed E-state index contributed by atoms with van der Waals surface area (Å²) in [7, 11) is 1.60. The van der Waals surface area contributed by atoms with Crippen LogP contribution in [0.3, 0.4) is 0 Å². The van der Waals surface area contributed by atoms with E-state index < -0.39 is 12.0 Å². The lowest BCUT2D eigenvalue weighted by Gasteiger charge is -2.14. The molecule has 0 aliphatic carbocycles. The van der Waals surface area contributed by atoms with Gasteiger partial charge in [-0.25, -0.2) is 0 Å². The Labute approximate surface area is 102 Å². The molecular weight excluding hydrogens is 218 g/mol. The number of carboxylic acids is 1. The average Bonchev–Trinajstić information content (AvgIpc) is 2.29. The predicted molar refractivity (Wildman–Crippen MR) is 66.5 cm³/mol. The lowest BCUT2D eigenvalue weighted by atomic mass is 10.0. The van der Waals surface area contributed by atoms with Crippen molar-refractivity contribution in [2.75, 3.05) is 13.7 Å². The van der Waals surface area contributed by atoms with Crippen LogP contribution in [-0.2, 0) is 4.79 Å². The van der Waals surface area contributed by atoms with Crippen LogP contribution in [0.25, 0.3) is 0 Å². The van der Waals surface area contributed by atoms with Crippen molar-refractivity contribution in [3.8, 4) is 5.75 Å². The molecule has 1 unspecified atom stereocenters. The van der Waals surface area contributed by atoms with Gasteiger partial charge in [0.2, 0.25) is 0 Å². The van der Waals surface area contributed by atoms with Gasteiger partial charge in [0.05, 0.1) is 0 Å². The number of benzene rings is 1. The van der Waals surface area contributed by atoms with Gasteiger partial charge in [-0.3, -0.25) is 4.79 Å². The Morgan fingerprint density at radius 3 is 2.71 bits per heavy atom. The normalized spacial score (nSPS) is 12.5. The summed E-state index contributed by atoms with van der Waals surface area (Å²) < 4.78 is 5.47. The lowest BCUT2D eigenvalue weighted by molar-refractivity contribution is -0.140. The monoisotopic (exact) mass is 237 g/mol. The number of carboxylic acid groups (broad SMARTS) is 1. The number of likely N-dealkylation sites (N-methyl/N-ethyl adjacent to an activating group) is 1. The van der Waals surface area contributed by atoms with E-state index in [4.69, 9.17) is 9.84 Å². The molecule has 1 aromatic carbocycles. The van der Waals surface area contributed by atoms with Crippen molar-refractivity contribution >= 4 is 5.97 Å². The largest absolute Gasteiger partial charge is 0.491 e. The molecule has 0 saturated carbocycles. The highest BCUT2D eigenvalue weighted by Gasteiger charge is 2.15. The maximum Gasteiger partial charge on any atom is 0.324 e. The first-order valence-corrected chi connectivity index (χ1v) is 5.67. The van der Waals surface area contributed by atoms with Crippen molar-refractivity contribution in [3.63, 3.8) is 0 Å². The van der Waals surface area contributed by atoms with E-state index in [0.717, 1.165) is 0 Å². The van der Waals surface area contributed by atoms with Gasteiger partial charge in [0.25, 0.3) is 0 Å².